The van der Waals surface area contributed by atoms with E-state index in [1.165, 1.54) is 12.3 Å². The number of anilines is 1. The molecule has 1 amide bonds. The number of nitro groups is 1. The van der Waals surface area contributed by atoms with Crippen molar-refractivity contribution in [1.29, 1.82) is 0 Å². The van der Waals surface area contributed by atoms with Crippen molar-refractivity contribution >= 4 is 17.3 Å². The summed E-state index contributed by atoms with van der Waals surface area (Å²) < 4.78 is 10.9. The van der Waals surface area contributed by atoms with Crippen molar-refractivity contribution in [3.8, 4) is 5.75 Å². The summed E-state index contributed by atoms with van der Waals surface area (Å²) >= 11 is 0. The molecule has 0 fully saturated rings. The predicted octanol–water partition coefficient (Wildman–Crippen LogP) is 4.58. The van der Waals surface area contributed by atoms with E-state index in [1.807, 2.05) is 37.3 Å². The fourth-order valence-corrected chi connectivity index (χ4v) is 2.62. The second kappa shape index (κ2) is 8.18. The van der Waals surface area contributed by atoms with Crippen molar-refractivity contribution in [1.82, 2.24) is 0 Å². The van der Waals surface area contributed by atoms with Crippen LogP contribution in [-0.2, 0) is 13.0 Å². The number of amides is 1. The molecular formula is C20H18N2O5. The van der Waals surface area contributed by atoms with Crippen LogP contribution in [0.2, 0.25) is 0 Å². The lowest BCUT2D eigenvalue weighted by molar-refractivity contribution is -0.385. The summed E-state index contributed by atoms with van der Waals surface area (Å²) in [4.78, 5) is 23.2. The number of carbonyl (C=O) groups excluding carboxylic acids is 1. The Bertz CT molecular complexity index is 950. The van der Waals surface area contributed by atoms with E-state index in [0.29, 0.717) is 29.0 Å². The molecule has 0 aliphatic heterocycles. The van der Waals surface area contributed by atoms with E-state index in [2.05, 4.69) is 5.32 Å². The smallest absolute Gasteiger partial charge is 0.291 e. The Balaban J connectivity index is 1.73. The molecule has 0 unspecified atom stereocenters. The van der Waals surface area contributed by atoms with Gasteiger partial charge in [0.2, 0.25) is 0 Å². The number of ether oxygens (including phenoxy) is 1. The first-order chi connectivity index (χ1) is 13.1. The highest BCUT2D eigenvalue weighted by Crippen LogP contribution is 2.24. The fraction of sp³-hybridized carbons (Fsp3) is 0.150. The van der Waals surface area contributed by atoms with Crippen LogP contribution in [0.3, 0.4) is 0 Å². The summed E-state index contributed by atoms with van der Waals surface area (Å²) in [6.45, 7) is 2.00. The number of rotatable bonds is 7. The molecule has 27 heavy (non-hydrogen) atoms. The zero-order chi connectivity index (χ0) is 19.2. The van der Waals surface area contributed by atoms with Gasteiger partial charge in [0.15, 0.2) is 5.76 Å². The SMILES string of the molecule is CCc1ccc(NC(=O)c2occc2COc2ccccc2)cc1[N+](=O)[O-]. The Morgan fingerprint density at radius 3 is 2.63 bits per heavy atom. The summed E-state index contributed by atoms with van der Waals surface area (Å²) in [6.07, 6.45) is 1.94. The van der Waals surface area contributed by atoms with Gasteiger partial charge in [0.05, 0.1) is 11.2 Å². The number of nitro benzene ring substituents is 1. The third kappa shape index (κ3) is 4.33. The van der Waals surface area contributed by atoms with Crippen molar-refractivity contribution in [2.75, 3.05) is 5.32 Å². The Labute approximate surface area is 155 Å². The van der Waals surface area contributed by atoms with Gasteiger partial charge >= 0.3 is 0 Å². The molecule has 0 radical (unpaired) electrons. The lowest BCUT2D eigenvalue weighted by atomic mass is 10.1. The molecule has 2 aromatic carbocycles. The van der Waals surface area contributed by atoms with Crippen LogP contribution in [0, 0.1) is 10.1 Å². The van der Waals surface area contributed by atoms with Gasteiger partial charge in [-0.1, -0.05) is 31.2 Å². The van der Waals surface area contributed by atoms with Gasteiger partial charge in [-0.15, -0.1) is 0 Å². The minimum atomic E-state index is -0.495. The summed E-state index contributed by atoms with van der Waals surface area (Å²) in [7, 11) is 0. The molecule has 0 saturated carbocycles. The maximum absolute atomic E-state index is 12.5. The number of hydrogen-bond donors (Lipinski definition) is 1. The Morgan fingerprint density at radius 1 is 1.15 bits per heavy atom. The molecule has 138 valence electrons. The summed E-state index contributed by atoms with van der Waals surface area (Å²) in [5.74, 6) is 0.286. The molecule has 0 atom stereocenters. The number of aryl methyl sites for hydroxylation is 1. The lowest BCUT2D eigenvalue weighted by Crippen LogP contribution is -2.14. The van der Waals surface area contributed by atoms with E-state index in [9.17, 15) is 14.9 Å². The molecular weight excluding hydrogens is 348 g/mol. The van der Waals surface area contributed by atoms with Crippen molar-refractivity contribution in [2.45, 2.75) is 20.0 Å². The normalized spacial score (nSPS) is 10.4. The van der Waals surface area contributed by atoms with Crippen LogP contribution < -0.4 is 10.1 Å². The van der Waals surface area contributed by atoms with Gasteiger partial charge in [0.1, 0.15) is 12.4 Å². The van der Waals surface area contributed by atoms with Gasteiger partial charge in [-0.3, -0.25) is 14.9 Å². The Hall–Kier alpha value is -3.61. The average molecular weight is 366 g/mol. The molecule has 1 N–H and O–H groups in total. The number of benzene rings is 2. The highest BCUT2D eigenvalue weighted by molar-refractivity contribution is 6.03. The lowest BCUT2D eigenvalue weighted by Gasteiger charge is -2.08. The minimum Gasteiger partial charge on any atom is -0.489 e. The fourth-order valence-electron chi connectivity index (χ4n) is 2.62. The first-order valence-corrected chi connectivity index (χ1v) is 8.41. The number of nitrogens with one attached hydrogen (secondary N) is 1. The molecule has 3 aromatic rings. The van der Waals surface area contributed by atoms with Crippen LogP contribution in [-0.4, -0.2) is 10.8 Å². The van der Waals surface area contributed by atoms with Gasteiger partial charge in [-0.25, -0.2) is 0 Å². The van der Waals surface area contributed by atoms with E-state index < -0.39 is 10.8 Å². The first-order valence-electron chi connectivity index (χ1n) is 8.41. The average Bonchev–Trinajstić information content (AvgIpc) is 3.16. The van der Waals surface area contributed by atoms with E-state index in [-0.39, 0.29) is 18.1 Å². The van der Waals surface area contributed by atoms with E-state index in [1.54, 1.807) is 18.2 Å². The molecule has 0 spiro atoms. The third-order valence-corrected chi connectivity index (χ3v) is 4.01. The molecule has 7 heteroatoms. The zero-order valence-corrected chi connectivity index (χ0v) is 14.7. The van der Waals surface area contributed by atoms with Gasteiger partial charge in [0.25, 0.3) is 11.6 Å². The van der Waals surface area contributed by atoms with Crippen molar-refractivity contribution in [3.05, 3.63) is 87.9 Å². The van der Waals surface area contributed by atoms with Gasteiger partial charge < -0.3 is 14.5 Å². The maximum Gasteiger partial charge on any atom is 0.291 e. The van der Waals surface area contributed by atoms with Crippen LogP contribution in [0.5, 0.6) is 5.75 Å². The molecule has 0 saturated heterocycles. The van der Waals surface area contributed by atoms with Crippen LogP contribution in [0.1, 0.15) is 28.6 Å². The Kier molecular flexibility index (Phi) is 5.51. The largest absolute Gasteiger partial charge is 0.489 e. The van der Waals surface area contributed by atoms with E-state index in [0.717, 1.165) is 0 Å². The highest BCUT2D eigenvalue weighted by Gasteiger charge is 2.18. The van der Waals surface area contributed by atoms with Gasteiger partial charge in [0, 0.05) is 22.9 Å². The number of hydrogen-bond acceptors (Lipinski definition) is 5. The van der Waals surface area contributed by atoms with Crippen LogP contribution in [0.15, 0.2) is 65.3 Å². The number of furan rings is 1. The quantitative estimate of drug-likeness (QED) is 0.488. The highest BCUT2D eigenvalue weighted by atomic mass is 16.6. The summed E-state index contributed by atoms with van der Waals surface area (Å²) in [5.41, 5.74) is 1.49. The number of nitrogens with zero attached hydrogens (tertiary/aromatic N) is 1. The summed E-state index contributed by atoms with van der Waals surface area (Å²) in [5, 5.41) is 13.8. The Morgan fingerprint density at radius 2 is 1.93 bits per heavy atom. The maximum atomic E-state index is 12.5. The molecule has 1 heterocycles. The zero-order valence-electron chi connectivity index (χ0n) is 14.7. The monoisotopic (exact) mass is 366 g/mol. The second-order valence-electron chi connectivity index (χ2n) is 5.78. The van der Waals surface area contributed by atoms with E-state index >= 15 is 0 Å². The number of para-hydroxylation sites is 1. The second-order valence-corrected chi connectivity index (χ2v) is 5.78. The van der Waals surface area contributed by atoms with Crippen LogP contribution in [0.25, 0.3) is 0 Å². The predicted molar refractivity (Wildman–Crippen MR) is 99.9 cm³/mol. The summed E-state index contributed by atoms with van der Waals surface area (Å²) in [6, 6.07) is 15.5. The standard InChI is InChI=1S/C20H18N2O5/c1-2-14-8-9-16(12-18(14)22(24)25)21-20(23)19-15(10-11-26-19)13-27-17-6-4-3-5-7-17/h3-12H,2,13H2,1H3,(H,21,23). The van der Waals surface area contributed by atoms with Crippen molar-refractivity contribution < 1.29 is 18.9 Å². The molecule has 3 rings (SSSR count). The van der Waals surface area contributed by atoms with Gasteiger partial charge in [-0.2, -0.15) is 0 Å². The molecule has 0 aliphatic carbocycles. The minimum absolute atomic E-state index is 0.0256. The van der Waals surface area contributed by atoms with Gasteiger partial charge in [-0.05, 0) is 30.7 Å². The molecule has 7 nitrogen and oxygen atoms in total. The van der Waals surface area contributed by atoms with Crippen molar-refractivity contribution in [3.63, 3.8) is 0 Å². The third-order valence-electron chi connectivity index (χ3n) is 4.01. The van der Waals surface area contributed by atoms with E-state index in [4.69, 9.17) is 9.15 Å². The first kappa shape index (κ1) is 18.2. The molecule has 0 bridgehead atoms. The van der Waals surface area contributed by atoms with Crippen LogP contribution >= 0.6 is 0 Å². The topological polar surface area (TPSA) is 94.6 Å². The number of carbonyl (C=O) groups is 1. The molecule has 1 aromatic heterocycles. The van der Waals surface area contributed by atoms with Crippen LogP contribution in [0.4, 0.5) is 11.4 Å². The molecule has 0 aliphatic rings. The van der Waals surface area contributed by atoms with Crippen molar-refractivity contribution in [2.24, 2.45) is 0 Å².